The van der Waals surface area contributed by atoms with Gasteiger partial charge in [0.05, 0.1) is 19.3 Å². The minimum absolute atomic E-state index is 0.0368. The number of rotatable bonds is 7. The van der Waals surface area contributed by atoms with Gasteiger partial charge in [-0.05, 0) is 39.7 Å². The van der Waals surface area contributed by atoms with Crippen LogP contribution in [-0.4, -0.2) is 60.9 Å². The first kappa shape index (κ1) is 17.4. The average Bonchev–Trinajstić information content (AvgIpc) is 2.55. The summed E-state index contributed by atoms with van der Waals surface area (Å²) in [5, 5.41) is 12.6. The first-order chi connectivity index (χ1) is 9.52. The highest BCUT2D eigenvalue weighted by molar-refractivity contribution is 5.78. The monoisotopic (exact) mass is 286 g/mol. The molecule has 5 heteroatoms. The van der Waals surface area contributed by atoms with E-state index in [0.29, 0.717) is 19.2 Å². The van der Waals surface area contributed by atoms with E-state index in [2.05, 4.69) is 10.2 Å². The van der Waals surface area contributed by atoms with Crippen LogP contribution >= 0.6 is 0 Å². The lowest BCUT2D eigenvalue weighted by Crippen LogP contribution is -2.46. The molecule has 1 aliphatic rings. The molecule has 0 aliphatic carbocycles. The van der Waals surface area contributed by atoms with Crippen LogP contribution in [0.3, 0.4) is 0 Å². The van der Waals surface area contributed by atoms with Gasteiger partial charge in [-0.1, -0.05) is 12.8 Å². The van der Waals surface area contributed by atoms with Crippen LogP contribution in [0.5, 0.6) is 0 Å². The summed E-state index contributed by atoms with van der Waals surface area (Å²) < 4.78 is 5.03. The van der Waals surface area contributed by atoms with Gasteiger partial charge in [0.25, 0.3) is 0 Å². The van der Waals surface area contributed by atoms with Gasteiger partial charge in [-0.2, -0.15) is 0 Å². The zero-order valence-electron chi connectivity index (χ0n) is 13.1. The molecule has 1 heterocycles. The molecule has 3 atom stereocenters. The number of hydrogen-bond donors (Lipinski definition) is 2. The highest BCUT2D eigenvalue weighted by Gasteiger charge is 2.24. The van der Waals surface area contributed by atoms with E-state index in [1.165, 1.54) is 12.8 Å². The molecule has 0 radical (unpaired) electrons. The molecule has 1 rings (SSSR count). The summed E-state index contributed by atoms with van der Waals surface area (Å²) in [6.07, 6.45) is 5.06. The molecule has 0 aromatic carbocycles. The number of carbonyl (C=O) groups is 1. The van der Waals surface area contributed by atoms with Gasteiger partial charge in [-0.3, -0.25) is 9.69 Å². The molecule has 0 aromatic rings. The van der Waals surface area contributed by atoms with E-state index in [1.54, 1.807) is 7.11 Å². The zero-order valence-corrected chi connectivity index (χ0v) is 13.1. The minimum Gasteiger partial charge on any atom is -0.393 e. The topological polar surface area (TPSA) is 61.8 Å². The number of hydrogen-bond acceptors (Lipinski definition) is 4. The zero-order chi connectivity index (χ0) is 15.0. The quantitative estimate of drug-likeness (QED) is 0.737. The van der Waals surface area contributed by atoms with Crippen molar-refractivity contribution in [3.8, 4) is 0 Å². The Hall–Kier alpha value is -0.650. The van der Waals surface area contributed by atoms with Crippen LogP contribution in [0.1, 0.15) is 46.0 Å². The number of amides is 1. The van der Waals surface area contributed by atoms with E-state index in [9.17, 15) is 9.90 Å². The van der Waals surface area contributed by atoms with Crippen molar-refractivity contribution in [2.24, 2.45) is 0 Å². The molecule has 0 aromatic heterocycles. The average molecular weight is 286 g/mol. The number of ether oxygens (including phenoxy) is 1. The van der Waals surface area contributed by atoms with Gasteiger partial charge in [0.1, 0.15) is 0 Å². The molecule has 5 nitrogen and oxygen atoms in total. The molecule has 2 N–H and O–H groups in total. The van der Waals surface area contributed by atoms with E-state index >= 15 is 0 Å². The van der Waals surface area contributed by atoms with Gasteiger partial charge in [0.2, 0.25) is 5.91 Å². The number of nitrogens with one attached hydrogen (secondary N) is 1. The third-order valence-electron chi connectivity index (χ3n) is 3.78. The normalized spacial score (nSPS) is 23.9. The van der Waals surface area contributed by atoms with Gasteiger partial charge in [-0.25, -0.2) is 0 Å². The van der Waals surface area contributed by atoms with Gasteiger partial charge in [0, 0.05) is 19.2 Å². The Balaban J connectivity index is 2.49. The van der Waals surface area contributed by atoms with Crippen LogP contribution in [0, 0.1) is 0 Å². The third-order valence-corrected chi connectivity index (χ3v) is 3.78. The summed E-state index contributed by atoms with van der Waals surface area (Å²) in [7, 11) is 1.64. The van der Waals surface area contributed by atoms with E-state index in [0.717, 1.165) is 25.8 Å². The van der Waals surface area contributed by atoms with Crippen LogP contribution < -0.4 is 5.32 Å². The maximum Gasteiger partial charge on any atom is 0.234 e. The molecule has 1 fully saturated rings. The molecule has 0 spiro atoms. The number of aliphatic hydroxyl groups is 1. The Kier molecular flexibility index (Phi) is 8.11. The van der Waals surface area contributed by atoms with Gasteiger partial charge in [0.15, 0.2) is 0 Å². The first-order valence-electron chi connectivity index (χ1n) is 7.73. The van der Waals surface area contributed by atoms with Crippen molar-refractivity contribution < 1.29 is 14.6 Å². The molecule has 20 heavy (non-hydrogen) atoms. The number of likely N-dealkylation sites (tertiary alicyclic amines) is 1. The highest BCUT2D eigenvalue weighted by atomic mass is 16.5. The smallest absolute Gasteiger partial charge is 0.234 e. The fourth-order valence-electron chi connectivity index (χ4n) is 2.90. The van der Waals surface area contributed by atoms with Crippen LogP contribution in [0.4, 0.5) is 0 Å². The number of nitrogens with zero attached hydrogens (tertiary/aromatic N) is 1. The Bertz CT molecular complexity index is 284. The molecular weight excluding hydrogens is 256 g/mol. The molecular formula is C15H30N2O3. The predicted octanol–water partition coefficient (Wildman–Crippen LogP) is 1.15. The van der Waals surface area contributed by atoms with Crippen molar-refractivity contribution in [3.05, 3.63) is 0 Å². The van der Waals surface area contributed by atoms with Crippen molar-refractivity contribution in [3.63, 3.8) is 0 Å². The minimum atomic E-state index is -0.309. The molecule has 1 saturated heterocycles. The number of aliphatic hydroxyl groups excluding tert-OH is 1. The second-order valence-corrected chi connectivity index (χ2v) is 5.98. The molecule has 0 saturated carbocycles. The fourth-order valence-corrected chi connectivity index (χ4v) is 2.90. The molecule has 118 valence electrons. The standard InChI is InChI=1S/C15H30N2O3/c1-12(11-20-3)16-15(19)10-17-8-6-4-5-7-14(17)9-13(2)18/h12-14,18H,4-11H2,1-3H3,(H,16,19). The van der Waals surface area contributed by atoms with Gasteiger partial charge >= 0.3 is 0 Å². The molecule has 3 unspecified atom stereocenters. The van der Waals surface area contributed by atoms with Crippen molar-refractivity contribution in [1.82, 2.24) is 10.2 Å². The summed E-state index contributed by atoms with van der Waals surface area (Å²) in [6, 6.07) is 0.357. The van der Waals surface area contributed by atoms with Crippen molar-refractivity contribution >= 4 is 5.91 Å². The Labute approximate surface area is 122 Å². The lowest BCUT2D eigenvalue weighted by atomic mass is 10.0. The van der Waals surface area contributed by atoms with Crippen molar-refractivity contribution in [2.75, 3.05) is 26.8 Å². The van der Waals surface area contributed by atoms with E-state index < -0.39 is 0 Å². The summed E-state index contributed by atoms with van der Waals surface area (Å²) in [6.45, 7) is 5.67. The van der Waals surface area contributed by atoms with Crippen LogP contribution in [0.25, 0.3) is 0 Å². The van der Waals surface area contributed by atoms with Crippen LogP contribution in [0.2, 0.25) is 0 Å². The maximum atomic E-state index is 12.1. The van der Waals surface area contributed by atoms with Crippen LogP contribution in [-0.2, 0) is 9.53 Å². The van der Waals surface area contributed by atoms with E-state index in [4.69, 9.17) is 4.74 Å². The molecule has 1 aliphatic heterocycles. The van der Waals surface area contributed by atoms with Crippen molar-refractivity contribution in [1.29, 1.82) is 0 Å². The Morgan fingerprint density at radius 2 is 2.15 bits per heavy atom. The maximum absolute atomic E-state index is 12.1. The summed E-state index contributed by atoms with van der Waals surface area (Å²) in [4.78, 5) is 14.3. The van der Waals surface area contributed by atoms with Gasteiger partial charge < -0.3 is 15.2 Å². The number of methoxy groups -OCH3 is 1. The largest absolute Gasteiger partial charge is 0.393 e. The lowest BCUT2D eigenvalue weighted by Gasteiger charge is -2.30. The predicted molar refractivity (Wildman–Crippen MR) is 79.6 cm³/mol. The second-order valence-electron chi connectivity index (χ2n) is 5.98. The molecule has 0 bridgehead atoms. The van der Waals surface area contributed by atoms with E-state index in [-0.39, 0.29) is 18.1 Å². The Morgan fingerprint density at radius 3 is 2.80 bits per heavy atom. The lowest BCUT2D eigenvalue weighted by molar-refractivity contribution is -0.124. The third kappa shape index (κ3) is 6.68. The molecule has 1 amide bonds. The van der Waals surface area contributed by atoms with Crippen LogP contribution in [0.15, 0.2) is 0 Å². The van der Waals surface area contributed by atoms with Gasteiger partial charge in [-0.15, -0.1) is 0 Å². The summed E-state index contributed by atoms with van der Waals surface area (Å²) in [5.74, 6) is 0.0482. The Morgan fingerprint density at radius 1 is 1.40 bits per heavy atom. The fraction of sp³-hybridized carbons (Fsp3) is 0.933. The second kappa shape index (κ2) is 9.32. The number of carbonyl (C=O) groups excluding carboxylic acids is 1. The van der Waals surface area contributed by atoms with Crippen molar-refractivity contribution in [2.45, 2.75) is 64.1 Å². The summed E-state index contributed by atoms with van der Waals surface area (Å²) in [5.41, 5.74) is 0. The summed E-state index contributed by atoms with van der Waals surface area (Å²) >= 11 is 0. The highest BCUT2D eigenvalue weighted by Crippen LogP contribution is 2.20. The SMILES string of the molecule is COCC(C)NC(=O)CN1CCCCCC1CC(C)O. The first-order valence-corrected chi connectivity index (χ1v) is 7.73. The van der Waals surface area contributed by atoms with E-state index in [1.807, 2.05) is 13.8 Å².